The first-order valence-corrected chi connectivity index (χ1v) is 11.7. The maximum atomic E-state index is 5.89. The molecular weight excluding hydrogens is 424 g/mol. The number of aromatic nitrogens is 2. The Bertz CT molecular complexity index is 1310. The number of benzene rings is 2. The SMILES string of the molecule is Cc1ccc(-n2c(C)cc([C@H]3[C@@H](c4ccccn4)NC(=S)N3c3cccc(C)c3)c2C)cc1. The van der Waals surface area contributed by atoms with Gasteiger partial charge in [0.1, 0.15) is 0 Å². The Morgan fingerprint density at radius 1 is 0.818 bits per heavy atom. The van der Waals surface area contributed by atoms with Crippen molar-refractivity contribution in [2.75, 3.05) is 4.90 Å². The first kappa shape index (κ1) is 21.4. The van der Waals surface area contributed by atoms with Crippen LogP contribution in [0.1, 0.15) is 45.9 Å². The van der Waals surface area contributed by atoms with Crippen LogP contribution >= 0.6 is 12.2 Å². The van der Waals surface area contributed by atoms with Crippen molar-refractivity contribution < 1.29 is 0 Å². The minimum atomic E-state index is -0.0498. The van der Waals surface area contributed by atoms with Crippen LogP contribution < -0.4 is 10.2 Å². The van der Waals surface area contributed by atoms with E-state index in [0.717, 1.165) is 16.5 Å². The van der Waals surface area contributed by atoms with E-state index in [4.69, 9.17) is 12.2 Å². The van der Waals surface area contributed by atoms with E-state index in [1.165, 1.54) is 33.8 Å². The van der Waals surface area contributed by atoms with Crippen LogP contribution in [0.15, 0.2) is 79.0 Å². The molecule has 5 heteroatoms. The zero-order valence-corrected chi connectivity index (χ0v) is 20.2. The summed E-state index contributed by atoms with van der Waals surface area (Å²) < 4.78 is 2.33. The zero-order chi connectivity index (χ0) is 23.1. The molecule has 1 aliphatic heterocycles. The van der Waals surface area contributed by atoms with E-state index >= 15 is 0 Å². The van der Waals surface area contributed by atoms with Crippen molar-refractivity contribution in [3.8, 4) is 5.69 Å². The molecule has 2 aromatic heterocycles. The lowest BCUT2D eigenvalue weighted by Crippen LogP contribution is -2.29. The molecule has 1 N–H and O–H groups in total. The number of nitrogens with one attached hydrogen (secondary N) is 1. The van der Waals surface area contributed by atoms with E-state index in [1.54, 1.807) is 0 Å². The van der Waals surface area contributed by atoms with Crippen molar-refractivity contribution in [2.45, 2.75) is 39.8 Å². The lowest BCUT2D eigenvalue weighted by atomic mass is 9.96. The molecule has 1 saturated heterocycles. The van der Waals surface area contributed by atoms with Crippen molar-refractivity contribution in [3.63, 3.8) is 0 Å². The topological polar surface area (TPSA) is 33.1 Å². The molecule has 2 aromatic carbocycles. The Kier molecular flexibility index (Phi) is 5.51. The molecule has 1 fully saturated rings. The summed E-state index contributed by atoms with van der Waals surface area (Å²) in [5.74, 6) is 0. The third-order valence-electron chi connectivity index (χ3n) is 6.46. The quantitative estimate of drug-likeness (QED) is 0.369. The van der Waals surface area contributed by atoms with Gasteiger partial charge in [0.25, 0.3) is 0 Å². The second-order valence-electron chi connectivity index (χ2n) is 8.83. The predicted octanol–water partition coefficient (Wildman–Crippen LogP) is 6.28. The largest absolute Gasteiger partial charge is 0.351 e. The van der Waals surface area contributed by atoms with Gasteiger partial charge in [-0.25, -0.2) is 0 Å². The van der Waals surface area contributed by atoms with E-state index in [9.17, 15) is 0 Å². The fourth-order valence-corrected chi connectivity index (χ4v) is 5.25. The number of aryl methyl sites for hydroxylation is 3. The van der Waals surface area contributed by atoms with Crippen LogP contribution in [0.5, 0.6) is 0 Å². The van der Waals surface area contributed by atoms with Crippen molar-refractivity contribution in [3.05, 3.63) is 113 Å². The van der Waals surface area contributed by atoms with Gasteiger partial charge < -0.3 is 14.8 Å². The average molecular weight is 453 g/mol. The van der Waals surface area contributed by atoms with Crippen molar-refractivity contribution in [1.29, 1.82) is 0 Å². The summed E-state index contributed by atoms with van der Waals surface area (Å²) >= 11 is 5.89. The third-order valence-corrected chi connectivity index (χ3v) is 6.77. The summed E-state index contributed by atoms with van der Waals surface area (Å²) in [5, 5.41) is 4.30. The molecule has 5 rings (SSSR count). The van der Waals surface area contributed by atoms with Crippen LogP contribution in [0.25, 0.3) is 5.69 Å². The number of rotatable bonds is 4. The molecule has 0 aliphatic carbocycles. The fourth-order valence-electron chi connectivity index (χ4n) is 4.91. The average Bonchev–Trinajstić information content (AvgIpc) is 3.30. The van der Waals surface area contributed by atoms with Gasteiger partial charge in [0, 0.05) is 29.0 Å². The first-order chi connectivity index (χ1) is 15.9. The highest BCUT2D eigenvalue weighted by molar-refractivity contribution is 7.80. The number of pyridine rings is 1. The highest BCUT2D eigenvalue weighted by Gasteiger charge is 2.42. The van der Waals surface area contributed by atoms with E-state index in [0.29, 0.717) is 0 Å². The van der Waals surface area contributed by atoms with E-state index in [2.05, 4.69) is 108 Å². The minimum absolute atomic E-state index is 0.0143. The summed E-state index contributed by atoms with van der Waals surface area (Å²) in [6.45, 7) is 8.61. The summed E-state index contributed by atoms with van der Waals surface area (Å²) in [7, 11) is 0. The van der Waals surface area contributed by atoms with Gasteiger partial charge in [0.05, 0.1) is 17.8 Å². The number of anilines is 1. The Morgan fingerprint density at radius 2 is 1.61 bits per heavy atom. The molecule has 1 aliphatic rings. The molecule has 3 heterocycles. The van der Waals surface area contributed by atoms with Crippen LogP contribution in [-0.4, -0.2) is 14.7 Å². The number of nitrogens with zero attached hydrogens (tertiary/aromatic N) is 3. The summed E-state index contributed by atoms with van der Waals surface area (Å²) in [5.41, 5.74) is 9.38. The molecule has 4 aromatic rings. The van der Waals surface area contributed by atoms with Gasteiger partial charge in [0.15, 0.2) is 5.11 Å². The normalized spacial score (nSPS) is 17.9. The van der Waals surface area contributed by atoms with Gasteiger partial charge in [-0.2, -0.15) is 0 Å². The van der Waals surface area contributed by atoms with Gasteiger partial charge in [-0.3, -0.25) is 4.98 Å². The first-order valence-electron chi connectivity index (χ1n) is 11.3. The van der Waals surface area contributed by atoms with Gasteiger partial charge in [-0.1, -0.05) is 35.9 Å². The number of thiocarbonyl (C=S) groups is 1. The molecule has 0 unspecified atom stereocenters. The lowest BCUT2D eigenvalue weighted by Gasteiger charge is -2.28. The molecule has 4 nitrogen and oxygen atoms in total. The summed E-state index contributed by atoms with van der Waals surface area (Å²) in [4.78, 5) is 6.94. The summed E-state index contributed by atoms with van der Waals surface area (Å²) in [6.07, 6.45) is 1.85. The predicted molar refractivity (Wildman–Crippen MR) is 139 cm³/mol. The second kappa shape index (κ2) is 8.49. The van der Waals surface area contributed by atoms with Crippen molar-refractivity contribution >= 4 is 23.0 Å². The van der Waals surface area contributed by atoms with Crippen LogP contribution in [0, 0.1) is 27.7 Å². The molecular formula is C28H28N4S. The molecule has 166 valence electrons. The maximum Gasteiger partial charge on any atom is 0.174 e. The van der Waals surface area contributed by atoms with Crippen LogP contribution in [0.2, 0.25) is 0 Å². The zero-order valence-electron chi connectivity index (χ0n) is 19.4. The monoisotopic (exact) mass is 452 g/mol. The highest BCUT2D eigenvalue weighted by Crippen LogP contribution is 2.43. The molecule has 0 saturated carbocycles. The number of hydrogen-bond acceptors (Lipinski definition) is 2. The lowest BCUT2D eigenvalue weighted by molar-refractivity contribution is 0.565. The van der Waals surface area contributed by atoms with E-state index < -0.39 is 0 Å². The van der Waals surface area contributed by atoms with Crippen molar-refractivity contribution in [2.24, 2.45) is 0 Å². The molecule has 0 bridgehead atoms. The Hall–Kier alpha value is -3.44. The molecule has 0 spiro atoms. The van der Waals surface area contributed by atoms with Crippen LogP contribution in [-0.2, 0) is 0 Å². The van der Waals surface area contributed by atoms with E-state index in [-0.39, 0.29) is 12.1 Å². The van der Waals surface area contributed by atoms with Crippen LogP contribution in [0.3, 0.4) is 0 Å². The molecule has 33 heavy (non-hydrogen) atoms. The maximum absolute atomic E-state index is 5.89. The van der Waals surface area contributed by atoms with E-state index in [1.807, 2.05) is 18.3 Å². The Morgan fingerprint density at radius 3 is 2.30 bits per heavy atom. The Balaban J connectivity index is 1.68. The van der Waals surface area contributed by atoms with Gasteiger partial charge >= 0.3 is 0 Å². The minimum Gasteiger partial charge on any atom is -0.351 e. The summed E-state index contributed by atoms with van der Waals surface area (Å²) in [6, 6.07) is 25.5. The van der Waals surface area contributed by atoms with Crippen LogP contribution in [0.4, 0.5) is 5.69 Å². The Labute approximate surface area is 200 Å². The number of hydrogen-bond donors (Lipinski definition) is 1. The van der Waals surface area contributed by atoms with Gasteiger partial charge in [-0.05, 0) is 93.5 Å². The molecule has 2 atom stereocenters. The standard InChI is InChI=1S/C28H28N4S/c1-18-11-13-22(14-12-18)31-20(3)17-24(21(31)4)27-26(25-10-5-6-15-29-25)30-28(33)32(27)23-9-7-8-19(2)16-23/h5-17,26-27H,1-4H3,(H,30,33)/t26-,27+/m1/s1. The molecule has 0 radical (unpaired) electrons. The van der Waals surface area contributed by atoms with Crippen molar-refractivity contribution in [1.82, 2.24) is 14.9 Å². The molecule has 0 amide bonds. The van der Waals surface area contributed by atoms with Gasteiger partial charge in [0.2, 0.25) is 0 Å². The van der Waals surface area contributed by atoms with Gasteiger partial charge in [-0.15, -0.1) is 0 Å². The third kappa shape index (κ3) is 3.83. The highest BCUT2D eigenvalue weighted by atomic mass is 32.1. The second-order valence-corrected chi connectivity index (χ2v) is 9.22. The smallest absolute Gasteiger partial charge is 0.174 e. The fraction of sp³-hybridized carbons (Fsp3) is 0.214.